The number of hydrogen-bond donors (Lipinski definition) is 2. The van der Waals surface area contributed by atoms with Crippen molar-refractivity contribution in [3.05, 3.63) is 102 Å². The van der Waals surface area contributed by atoms with E-state index in [4.69, 9.17) is 9.47 Å². The number of aliphatic hydroxyl groups excluding tert-OH is 1. The van der Waals surface area contributed by atoms with Gasteiger partial charge in [-0.15, -0.1) is 11.8 Å². The Kier molecular flexibility index (Phi) is 8.34. The lowest BCUT2D eigenvalue weighted by molar-refractivity contribution is -0.134. The van der Waals surface area contributed by atoms with Crippen LogP contribution < -0.4 is 10.1 Å². The van der Waals surface area contributed by atoms with Crippen LogP contribution in [-0.4, -0.2) is 76.9 Å². The highest BCUT2D eigenvalue weighted by atomic mass is 32.2. The first-order valence-electron chi connectivity index (χ1n) is 13.8. The summed E-state index contributed by atoms with van der Waals surface area (Å²) in [6.45, 7) is 4.48. The van der Waals surface area contributed by atoms with E-state index in [1.54, 1.807) is 24.2 Å². The Bertz CT molecular complexity index is 1330. The van der Waals surface area contributed by atoms with Crippen LogP contribution >= 0.6 is 11.8 Å². The maximum atomic E-state index is 13.1. The molecule has 0 saturated carbocycles. The normalized spacial score (nSPS) is 23.0. The predicted molar refractivity (Wildman–Crippen MR) is 155 cm³/mol. The minimum absolute atomic E-state index is 0.136. The van der Waals surface area contributed by atoms with Gasteiger partial charge in [0.2, 0.25) is 5.91 Å². The van der Waals surface area contributed by atoms with Gasteiger partial charge in [-0.3, -0.25) is 20.0 Å². The summed E-state index contributed by atoms with van der Waals surface area (Å²) in [5.74, 6) is 2.63. The van der Waals surface area contributed by atoms with E-state index in [1.165, 1.54) is 0 Å². The monoisotopic (exact) mass is 558 g/mol. The van der Waals surface area contributed by atoms with Gasteiger partial charge in [-0.1, -0.05) is 48.5 Å². The Morgan fingerprint density at radius 3 is 2.58 bits per heavy atom. The Morgan fingerprint density at radius 1 is 1.02 bits per heavy atom. The number of ether oxygens (including phenoxy) is 2. The molecule has 9 heteroatoms. The van der Waals surface area contributed by atoms with Gasteiger partial charge in [0.15, 0.2) is 11.5 Å². The van der Waals surface area contributed by atoms with Crippen molar-refractivity contribution in [2.45, 2.75) is 23.9 Å². The topological polar surface area (TPSA) is 87.2 Å². The van der Waals surface area contributed by atoms with Gasteiger partial charge >= 0.3 is 0 Å². The fourth-order valence-electron chi connectivity index (χ4n) is 5.39. The number of carbonyl (C=O) groups excluding carboxylic acids is 1. The smallest absolute Gasteiger partial charge is 0.240 e. The lowest BCUT2D eigenvalue weighted by Crippen LogP contribution is -2.53. The van der Waals surface area contributed by atoms with E-state index < -0.39 is 6.10 Å². The van der Waals surface area contributed by atoms with Crippen molar-refractivity contribution in [3.8, 4) is 5.75 Å². The van der Waals surface area contributed by atoms with Crippen molar-refractivity contribution in [1.29, 1.82) is 0 Å². The molecular formula is C31H34N4O4S. The summed E-state index contributed by atoms with van der Waals surface area (Å²) in [7, 11) is 0. The number of para-hydroxylation sites is 1. The molecule has 2 aromatic carbocycles. The first-order chi connectivity index (χ1) is 19.7. The number of hydrogen-bond acceptors (Lipinski definition) is 8. The Labute approximate surface area is 239 Å². The maximum absolute atomic E-state index is 13.1. The number of amides is 1. The fourth-order valence-corrected chi connectivity index (χ4v) is 6.62. The summed E-state index contributed by atoms with van der Waals surface area (Å²) in [4.78, 5) is 21.6. The van der Waals surface area contributed by atoms with Crippen LogP contribution in [0, 0.1) is 0 Å². The second-order valence-corrected chi connectivity index (χ2v) is 11.3. The largest absolute Gasteiger partial charge is 0.491 e. The third kappa shape index (κ3) is 5.88. The number of aromatic nitrogens is 1. The molecule has 3 aliphatic rings. The number of nitrogens with zero attached hydrogens (tertiary/aromatic N) is 3. The average Bonchev–Trinajstić information content (AvgIpc) is 3.51. The van der Waals surface area contributed by atoms with Gasteiger partial charge in [-0.05, 0) is 30.2 Å². The van der Waals surface area contributed by atoms with Gasteiger partial charge in [0.25, 0.3) is 0 Å². The molecule has 2 fully saturated rings. The SMILES string of the molecule is O=C([C@@H]1CSC(c2ccncc2)N1)N1CCN(CCCOC2=C(c3ccccc3)Oc3ccccc3C2O)CC1. The van der Waals surface area contributed by atoms with E-state index in [0.29, 0.717) is 29.4 Å². The number of thioether (sulfide) groups is 1. The number of pyridine rings is 1. The van der Waals surface area contributed by atoms with Gasteiger partial charge in [0.05, 0.1) is 18.0 Å². The first kappa shape index (κ1) is 26.8. The second kappa shape index (κ2) is 12.4. The van der Waals surface area contributed by atoms with Crippen molar-refractivity contribution in [2.24, 2.45) is 0 Å². The van der Waals surface area contributed by atoms with Crippen molar-refractivity contribution in [2.75, 3.05) is 45.1 Å². The molecule has 8 nitrogen and oxygen atoms in total. The molecule has 208 valence electrons. The van der Waals surface area contributed by atoms with Crippen LogP contribution in [-0.2, 0) is 9.53 Å². The molecule has 1 amide bonds. The Morgan fingerprint density at radius 2 is 1.77 bits per heavy atom. The molecule has 3 atom stereocenters. The van der Waals surface area contributed by atoms with Gasteiger partial charge in [0, 0.05) is 62.0 Å². The summed E-state index contributed by atoms with van der Waals surface area (Å²) >= 11 is 1.78. The van der Waals surface area contributed by atoms with E-state index in [1.807, 2.05) is 71.6 Å². The molecule has 40 heavy (non-hydrogen) atoms. The number of benzene rings is 2. The standard InChI is InChI=1S/C31H34N4O4S/c36-27-24-9-4-5-10-26(24)39-28(22-7-2-1-3-8-22)29(27)38-20-6-15-34-16-18-35(19-17-34)31(37)25-21-40-30(33-25)23-11-13-32-14-12-23/h1-5,7-14,25,27,30,33,36H,6,15-21H2/t25-,27?,30?/m0/s1. The molecule has 3 aliphatic heterocycles. The first-order valence-corrected chi connectivity index (χ1v) is 14.9. The molecule has 4 heterocycles. The van der Waals surface area contributed by atoms with E-state index >= 15 is 0 Å². The van der Waals surface area contributed by atoms with Crippen molar-refractivity contribution in [1.82, 2.24) is 20.1 Å². The van der Waals surface area contributed by atoms with Crippen molar-refractivity contribution < 1.29 is 19.4 Å². The lowest BCUT2D eigenvalue weighted by atomic mass is 10.0. The number of rotatable bonds is 8. The molecule has 0 aliphatic carbocycles. The van der Waals surface area contributed by atoms with Gasteiger partial charge in [-0.2, -0.15) is 0 Å². The predicted octanol–water partition coefficient (Wildman–Crippen LogP) is 3.83. The maximum Gasteiger partial charge on any atom is 0.240 e. The molecule has 0 bridgehead atoms. The van der Waals surface area contributed by atoms with Gasteiger partial charge in [-0.25, -0.2) is 0 Å². The molecule has 0 radical (unpaired) electrons. The molecule has 3 aromatic rings. The number of nitrogens with one attached hydrogen (secondary N) is 1. The third-order valence-corrected chi connectivity index (χ3v) is 8.85. The highest BCUT2D eigenvalue weighted by Gasteiger charge is 2.34. The number of aliphatic hydroxyl groups is 1. The van der Waals surface area contributed by atoms with Gasteiger partial charge < -0.3 is 19.5 Å². The zero-order valence-corrected chi connectivity index (χ0v) is 23.1. The Hall–Kier alpha value is -3.37. The zero-order chi connectivity index (χ0) is 27.3. The Balaban J connectivity index is 0.986. The van der Waals surface area contributed by atoms with E-state index in [2.05, 4.69) is 15.2 Å². The highest BCUT2D eigenvalue weighted by molar-refractivity contribution is 7.99. The third-order valence-electron chi connectivity index (χ3n) is 7.58. The summed E-state index contributed by atoms with van der Waals surface area (Å²) in [6.07, 6.45) is 3.51. The summed E-state index contributed by atoms with van der Waals surface area (Å²) in [5.41, 5.74) is 2.74. The summed E-state index contributed by atoms with van der Waals surface area (Å²) < 4.78 is 12.4. The molecule has 2 unspecified atom stereocenters. The molecular weight excluding hydrogens is 524 g/mol. The molecule has 6 rings (SSSR count). The minimum Gasteiger partial charge on any atom is -0.491 e. The summed E-state index contributed by atoms with van der Waals surface area (Å²) in [6, 6.07) is 21.1. The van der Waals surface area contributed by atoms with Crippen LogP contribution in [0.5, 0.6) is 5.75 Å². The molecule has 0 spiro atoms. The fraction of sp³-hybridized carbons (Fsp3) is 0.355. The average molecular weight is 559 g/mol. The summed E-state index contributed by atoms with van der Waals surface area (Å²) in [5, 5.41) is 14.8. The molecule has 2 saturated heterocycles. The number of piperazine rings is 1. The van der Waals surface area contributed by atoms with Crippen LogP contribution in [0.1, 0.15) is 34.6 Å². The van der Waals surface area contributed by atoms with E-state index in [-0.39, 0.29) is 17.3 Å². The van der Waals surface area contributed by atoms with Gasteiger partial charge in [0.1, 0.15) is 11.9 Å². The van der Waals surface area contributed by atoms with Crippen molar-refractivity contribution >= 4 is 23.4 Å². The van der Waals surface area contributed by atoms with Crippen molar-refractivity contribution in [3.63, 3.8) is 0 Å². The lowest BCUT2D eigenvalue weighted by Gasteiger charge is -2.36. The van der Waals surface area contributed by atoms with E-state index in [0.717, 1.165) is 56.0 Å². The second-order valence-electron chi connectivity index (χ2n) is 10.2. The quantitative estimate of drug-likeness (QED) is 0.404. The molecule has 1 aromatic heterocycles. The van der Waals surface area contributed by atoms with E-state index in [9.17, 15) is 9.90 Å². The van der Waals surface area contributed by atoms with Crippen LogP contribution in [0.3, 0.4) is 0 Å². The number of carbonyl (C=O) groups is 1. The molecule has 2 N–H and O–H groups in total. The minimum atomic E-state index is -0.879. The zero-order valence-electron chi connectivity index (χ0n) is 22.3. The van der Waals surface area contributed by atoms with Crippen LogP contribution in [0.2, 0.25) is 0 Å². The van der Waals surface area contributed by atoms with Crippen LogP contribution in [0.25, 0.3) is 5.76 Å². The van der Waals surface area contributed by atoms with Crippen LogP contribution in [0.4, 0.5) is 0 Å². The number of fused-ring (bicyclic) bond motifs is 1. The highest BCUT2D eigenvalue weighted by Crippen LogP contribution is 2.41. The van der Waals surface area contributed by atoms with Crippen LogP contribution in [0.15, 0.2) is 84.9 Å².